The van der Waals surface area contributed by atoms with Gasteiger partial charge in [-0.3, -0.25) is 19.4 Å². The molecule has 10 heteroatoms. The number of hydrogen-bond acceptors (Lipinski definition) is 6. The van der Waals surface area contributed by atoms with Crippen molar-refractivity contribution in [3.05, 3.63) is 53.0 Å². The highest BCUT2D eigenvalue weighted by Crippen LogP contribution is 2.29. The summed E-state index contributed by atoms with van der Waals surface area (Å²) in [5, 5.41) is 3.34. The molecule has 192 valence electrons. The van der Waals surface area contributed by atoms with Gasteiger partial charge in [-0.25, -0.2) is 0 Å². The molecule has 1 N–H and O–H groups in total. The molecule has 2 aromatic carbocycles. The number of piperazine rings is 1. The molecule has 0 spiro atoms. The van der Waals surface area contributed by atoms with Crippen LogP contribution in [0.4, 0.5) is 11.4 Å². The number of hydrogen-bond donors (Lipinski definition) is 1. The van der Waals surface area contributed by atoms with E-state index in [1.807, 2.05) is 60.4 Å². The molecule has 0 bridgehead atoms. The first-order valence-electron chi connectivity index (χ1n) is 12.2. The monoisotopic (exact) mass is 573 g/mol. The Labute approximate surface area is 226 Å². The Morgan fingerprint density at radius 1 is 1.06 bits per heavy atom. The smallest absolute Gasteiger partial charge is 0.256 e. The second-order valence-electron chi connectivity index (χ2n) is 9.00. The van der Waals surface area contributed by atoms with Crippen LogP contribution in [-0.4, -0.2) is 90.6 Å². The fraction of sp³-hybridized carbons (Fsp3) is 0.423. The standard InChI is InChI=1S/C26H32BrN5O3S/c1-3-35-22-10-8-21(9-11-22)32-25(34)23(18-24(33)28-20-6-4-19(27)5-7-20)31(26(32)36)17-16-30-14-12-29(2)13-15-30/h4-11,23H,3,12-18H2,1-2H3,(H,28,33). The van der Waals surface area contributed by atoms with Crippen molar-refractivity contribution in [2.75, 3.05) is 63.1 Å². The number of ether oxygens (including phenoxy) is 1. The molecule has 2 saturated heterocycles. The third-order valence-electron chi connectivity index (χ3n) is 6.48. The molecule has 2 aliphatic rings. The van der Waals surface area contributed by atoms with Crippen molar-refractivity contribution >= 4 is 56.4 Å². The fourth-order valence-electron chi connectivity index (χ4n) is 4.42. The summed E-state index contributed by atoms with van der Waals surface area (Å²) in [5.41, 5.74) is 1.36. The maximum atomic E-state index is 13.6. The molecule has 2 heterocycles. The zero-order chi connectivity index (χ0) is 25.7. The molecule has 1 atom stereocenters. The highest BCUT2D eigenvalue weighted by Gasteiger charge is 2.44. The maximum Gasteiger partial charge on any atom is 0.256 e. The molecule has 36 heavy (non-hydrogen) atoms. The Morgan fingerprint density at radius 2 is 1.72 bits per heavy atom. The van der Waals surface area contributed by atoms with Gasteiger partial charge in [0.05, 0.1) is 18.7 Å². The molecule has 0 saturated carbocycles. The molecule has 0 radical (unpaired) electrons. The summed E-state index contributed by atoms with van der Waals surface area (Å²) in [7, 11) is 2.13. The highest BCUT2D eigenvalue weighted by atomic mass is 79.9. The molecule has 2 aliphatic heterocycles. The summed E-state index contributed by atoms with van der Waals surface area (Å²) in [5.74, 6) is 0.321. The lowest BCUT2D eigenvalue weighted by Crippen LogP contribution is -2.48. The van der Waals surface area contributed by atoms with Crippen LogP contribution >= 0.6 is 28.1 Å². The summed E-state index contributed by atoms with van der Waals surface area (Å²) in [6, 6.07) is 14.0. The Morgan fingerprint density at radius 3 is 2.36 bits per heavy atom. The first-order chi connectivity index (χ1) is 17.4. The lowest BCUT2D eigenvalue weighted by molar-refractivity contribution is -0.124. The number of anilines is 2. The van der Waals surface area contributed by atoms with Gasteiger partial charge in [0.25, 0.3) is 5.91 Å². The first-order valence-corrected chi connectivity index (χ1v) is 13.4. The number of amides is 2. The number of carbonyl (C=O) groups excluding carboxylic acids is 2. The van der Waals surface area contributed by atoms with Crippen molar-refractivity contribution in [2.24, 2.45) is 0 Å². The molecule has 4 rings (SSSR count). The Hall–Kier alpha value is -2.53. The molecule has 2 fully saturated rings. The van der Waals surface area contributed by atoms with Gasteiger partial charge in [0.1, 0.15) is 11.8 Å². The topological polar surface area (TPSA) is 68.4 Å². The van der Waals surface area contributed by atoms with Gasteiger partial charge in [-0.05, 0) is 74.7 Å². The fourth-order valence-corrected chi connectivity index (χ4v) is 5.10. The van der Waals surface area contributed by atoms with Crippen LogP contribution in [0.15, 0.2) is 53.0 Å². The minimum atomic E-state index is -0.660. The van der Waals surface area contributed by atoms with E-state index in [0.717, 1.165) is 42.9 Å². The van der Waals surface area contributed by atoms with Crippen LogP contribution in [-0.2, 0) is 9.59 Å². The quantitative estimate of drug-likeness (QED) is 0.461. The number of halogens is 1. The van der Waals surface area contributed by atoms with E-state index < -0.39 is 6.04 Å². The average molecular weight is 575 g/mol. The van der Waals surface area contributed by atoms with Crippen molar-refractivity contribution in [2.45, 2.75) is 19.4 Å². The summed E-state index contributed by atoms with van der Waals surface area (Å²) >= 11 is 9.20. The summed E-state index contributed by atoms with van der Waals surface area (Å²) in [6.45, 7) is 7.83. The number of benzene rings is 2. The van der Waals surface area contributed by atoms with Crippen LogP contribution in [0.1, 0.15) is 13.3 Å². The van der Waals surface area contributed by atoms with E-state index in [0.29, 0.717) is 29.6 Å². The van der Waals surface area contributed by atoms with Gasteiger partial charge < -0.3 is 19.9 Å². The number of likely N-dealkylation sites (N-methyl/N-ethyl adjacent to an activating group) is 1. The van der Waals surface area contributed by atoms with Crippen molar-refractivity contribution in [3.63, 3.8) is 0 Å². The van der Waals surface area contributed by atoms with E-state index in [9.17, 15) is 9.59 Å². The van der Waals surface area contributed by atoms with Gasteiger partial charge in [-0.15, -0.1) is 0 Å². The minimum Gasteiger partial charge on any atom is -0.494 e. The molecule has 0 aliphatic carbocycles. The number of nitrogens with one attached hydrogen (secondary N) is 1. The maximum absolute atomic E-state index is 13.6. The molecular formula is C26H32BrN5O3S. The number of nitrogens with zero attached hydrogens (tertiary/aromatic N) is 4. The highest BCUT2D eigenvalue weighted by molar-refractivity contribution is 9.10. The molecule has 1 unspecified atom stereocenters. The van der Waals surface area contributed by atoms with E-state index in [1.54, 1.807) is 4.90 Å². The Balaban J connectivity index is 1.50. The van der Waals surface area contributed by atoms with E-state index >= 15 is 0 Å². The van der Waals surface area contributed by atoms with Crippen molar-refractivity contribution in [1.29, 1.82) is 0 Å². The second kappa shape index (κ2) is 12.1. The number of rotatable bonds is 9. The zero-order valence-electron chi connectivity index (χ0n) is 20.7. The third kappa shape index (κ3) is 6.42. The van der Waals surface area contributed by atoms with Gasteiger partial charge in [0.2, 0.25) is 5.91 Å². The zero-order valence-corrected chi connectivity index (χ0v) is 23.1. The third-order valence-corrected chi connectivity index (χ3v) is 7.43. The van der Waals surface area contributed by atoms with Crippen LogP contribution in [0.5, 0.6) is 5.75 Å². The molecular weight excluding hydrogens is 542 g/mol. The largest absolute Gasteiger partial charge is 0.494 e. The Kier molecular flexibility index (Phi) is 8.95. The van der Waals surface area contributed by atoms with Crippen molar-refractivity contribution in [1.82, 2.24) is 14.7 Å². The molecule has 8 nitrogen and oxygen atoms in total. The molecule has 0 aromatic heterocycles. The lowest BCUT2D eigenvalue weighted by Gasteiger charge is -2.34. The van der Waals surface area contributed by atoms with Gasteiger partial charge in [0.15, 0.2) is 5.11 Å². The average Bonchev–Trinajstić information content (AvgIpc) is 3.09. The van der Waals surface area contributed by atoms with Gasteiger partial charge >= 0.3 is 0 Å². The Bertz CT molecular complexity index is 1070. The predicted octanol–water partition coefficient (Wildman–Crippen LogP) is 3.43. The number of thiocarbonyl (C=S) groups is 1. The van der Waals surface area contributed by atoms with Gasteiger partial charge in [0, 0.05) is 49.4 Å². The van der Waals surface area contributed by atoms with E-state index in [4.69, 9.17) is 17.0 Å². The second-order valence-corrected chi connectivity index (χ2v) is 10.3. The summed E-state index contributed by atoms with van der Waals surface area (Å²) in [4.78, 5) is 34.7. The van der Waals surface area contributed by atoms with E-state index in [-0.39, 0.29) is 18.2 Å². The first kappa shape index (κ1) is 26.5. The van der Waals surface area contributed by atoms with Crippen LogP contribution in [0.2, 0.25) is 0 Å². The summed E-state index contributed by atoms with van der Waals surface area (Å²) < 4.78 is 6.47. The molecule has 2 amide bonds. The minimum absolute atomic E-state index is 0.0192. The lowest BCUT2D eigenvalue weighted by atomic mass is 10.1. The van der Waals surface area contributed by atoms with Crippen LogP contribution < -0.4 is 15.0 Å². The predicted molar refractivity (Wildman–Crippen MR) is 150 cm³/mol. The van der Waals surface area contributed by atoms with Crippen LogP contribution in [0.25, 0.3) is 0 Å². The van der Waals surface area contributed by atoms with Gasteiger partial charge in [-0.2, -0.15) is 0 Å². The van der Waals surface area contributed by atoms with E-state index in [2.05, 4.69) is 38.1 Å². The van der Waals surface area contributed by atoms with Crippen LogP contribution in [0, 0.1) is 0 Å². The van der Waals surface area contributed by atoms with Crippen molar-refractivity contribution < 1.29 is 14.3 Å². The van der Waals surface area contributed by atoms with Crippen molar-refractivity contribution in [3.8, 4) is 5.75 Å². The van der Waals surface area contributed by atoms with E-state index in [1.165, 1.54) is 0 Å². The number of carbonyl (C=O) groups is 2. The molecule has 2 aromatic rings. The van der Waals surface area contributed by atoms with Gasteiger partial charge in [-0.1, -0.05) is 15.9 Å². The SMILES string of the molecule is CCOc1ccc(N2C(=O)C(CC(=O)Nc3ccc(Br)cc3)N(CCN3CCN(C)CC3)C2=S)cc1. The normalized spacial score (nSPS) is 19.1. The van der Waals surface area contributed by atoms with Crippen LogP contribution in [0.3, 0.4) is 0 Å². The summed E-state index contributed by atoms with van der Waals surface area (Å²) in [6.07, 6.45) is 0.0192.